The molecule has 3 aromatic rings. The maximum Gasteiger partial charge on any atom is 0.256 e. The van der Waals surface area contributed by atoms with Crippen LogP contribution in [-0.4, -0.2) is 69.2 Å². The van der Waals surface area contributed by atoms with E-state index in [0.29, 0.717) is 23.1 Å². The average Bonchev–Trinajstić information content (AvgIpc) is 3.49. The molecule has 2 fully saturated rings. The Morgan fingerprint density at radius 3 is 2.66 bits per heavy atom. The molecule has 0 radical (unpaired) electrons. The van der Waals surface area contributed by atoms with Crippen LogP contribution in [0.5, 0.6) is 0 Å². The van der Waals surface area contributed by atoms with E-state index in [0.717, 1.165) is 62.8 Å². The number of rotatable bonds is 7. The number of amides is 1. The maximum absolute atomic E-state index is 14.4. The molecule has 2 aromatic heterocycles. The predicted octanol–water partition coefficient (Wildman–Crippen LogP) is 5.37. The molecule has 0 bridgehead atoms. The van der Waals surface area contributed by atoms with E-state index in [9.17, 15) is 14.3 Å². The van der Waals surface area contributed by atoms with Crippen molar-refractivity contribution in [3.8, 4) is 5.69 Å². The highest BCUT2D eigenvalue weighted by Gasteiger charge is 2.29. The number of hydrogen-bond donors (Lipinski definition) is 1. The summed E-state index contributed by atoms with van der Waals surface area (Å²) in [6.45, 7) is 9.35. The Kier molecular flexibility index (Phi) is 7.87. The molecule has 38 heavy (non-hydrogen) atoms. The summed E-state index contributed by atoms with van der Waals surface area (Å²) in [4.78, 5) is 22.1. The molecule has 0 unspecified atom stereocenters. The van der Waals surface area contributed by atoms with Gasteiger partial charge in [-0.1, -0.05) is 0 Å². The van der Waals surface area contributed by atoms with Gasteiger partial charge in [0.05, 0.1) is 29.1 Å². The van der Waals surface area contributed by atoms with Crippen molar-refractivity contribution in [2.75, 3.05) is 26.7 Å². The van der Waals surface area contributed by atoms with Crippen LogP contribution < -0.4 is 0 Å². The van der Waals surface area contributed by atoms with E-state index in [4.69, 9.17) is 0 Å². The maximum atomic E-state index is 14.4. The van der Waals surface area contributed by atoms with Crippen LogP contribution in [0.3, 0.4) is 0 Å². The monoisotopic (exact) mass is 520 g/mol. The molecular formula is C31H41FN4O2. The second kappa shape index (κ2) is 11.1. The van der Waals surface area contributed by atoms with Crippen LogP contribution >= 0.6 is 0 Å². The molecule has 204 valence electrons. The van der Waals surface area contributed by atoms with Gasteiger partial charge in [0.2, 0.25) is 0 Å². The van der Waals surface area contributed by atoms with Crippen LogP contribution in [0.2, 0.25) is 0 Å². The van der Waals surface area contributed by atoms with Gasteiger partial charge >= 0.3 is 0 Å². The van der Waals surface area contributed by atoms with Gasteiger partial charge in [0, 0.05) is 44.0 Å². The molecule has 3 heterocycles. The summed E-state index contributed by atoms with van der Waals surface area (Å²) in [7, 11) is 1.76. The first-order valence-electron chi connectivity index (χ1n) is 14.1. The minimum absolute atomic E-state index is 0.00323. The molecular weight excluding hydrogens is 479 g/mol. The fourth-order valence-corrected chi connectivity index (χ4v) is 6.36. The summed E-state index contributed by atoms with van der Waals surface area (Å²) in [6, 6.07) is 4.49. The van der Waals surface area contributed by atoms with Crippen molar-refractivity contribution in [3.05, 3.63) is 59.3 Å². The Morgan fingerprint density at radius 1 is 1.16 bits per heavy atom. The fourth-order valence-electron chi connectivity index (χ4n) is 6.36. The lowest BCUT2D eigenvalue weighted by atomic mass is 9.87. The van der Waals surface area contributed by atoms with Gasteiger partial charge < -0.3 is 19.5 Å². The van der Waals surface area contributed by atoms with Gasteiger partial charge in [-0.3, -0.25) is 9.78 Å². The standard InChI is InChI=1S/C31H41FN4O2/c1-20(2)34(4)31(38)27-14-25(32)7-10-28(27)36-19-24(30-21(3)15-33-16-29(30)36)13-23-11-12-35(18-23)17-22-5-8-26(37)9-6-22/h7,10,14-16,19-20,22-23,26,37H,5-6,8-9,11-13,17-18H2,1-4H3/t22?,23-,26?/m0/s1. The van der Waals surface area contributed by atoms with Crippen LogP contribution in [0.1, 0.15) is 67.4 Å². The Hall–Kier alpha value is -2.77. The van der Waals surface area contributed by atoms with E-state index in [1.165, 1.54) is 29.5 Å². The molecule has 1 aliphatic carbocycles. The van der Waals surface area contributed by atoms with Crippen molar-refractivity contribution in [2.24, 2.45) is 11.8 Å². The third-order valence-electron chi connectivity index (χ3n) is 8.74. The van der Waals surface area contributed by atoms with E-state index in [1.807, 2.05) is 30.8 Å². The smallest absolute Gasteiger partial charge is 0.256 e. The minimum atomic E-state index is -0.418. The first-order valence-corrected chi connectivity index (χ1v) is 14.1. The second-order valence-corrected chi connectivity index (χ2v) is 11.8. The number of aryl methyl sites for hydroxylation is 1. The molecule has 6 nitrogen and oxygen atoms in total. The van der Waals surface area contributed by atoms with Crippen molar-refractivity contribution in [3.63, 3.8) is 0 Å². The molecule has 1 N–H and O–H groups in total. The highest BCUT2D eigenvalue weighted by atomic mass is 19.1. The number of nitrogens with zero attached hydrogens (tertiary/aromatic N) is 4. The summed E-state index contributed by atoms with van der Waals surface area (Å²) >= 11 is 0. The number of likely N-dealkylation sites (tertiary alicyclic amines) is 1. The van der Waals surface area contributed by atoms with E-state index < -0.39 is 5.82 Å². The Balaban J connectivity index is 1.42. The molecule has 1 saturated heterocycles. The second-order valence-electron chi connectivity index (χ2n) is 11.8. The highest BCUT2D eigenvalue weighted by molar-refractivity contribution is 5.99. The number of halogens is 1. The number of fused-ring (bicyclic) bond motifs is 1. The van der Waals surface area contributed by atoms with Gasteiger partial charge in [-0.25, -0.2) is 4.39 Å². The zero-order valence-corrected chi connectivity index (χ0v) is 23.2. The largest absolute Gasteiger partial charge is 0.393 e. The van der Waals surface area contributed by atoms with Crippen LogP contribution in [0.25, 0.3) is 16.6 Å². The number of aliphatic hydroxyl groups excluding tert-OH is 1. The van der Waals surface area contributed by atoms with Crippen molar-refractivity contribution in [2.45, 2.75) is 71.4 Å². The first-order chi connectivity index (χ1) is 18.2. The topological polar surface area (TPSA) is 61.6 Å². The van der Waals surface area contributed by atoms with Gasteiger partial charge in [-0.15, -0.1) is 0 Å². The third-order valence-corrected chi connectivity index (χ3v) is 8.74. The molecule has 1 aromatic carbocycles. The number of benzene rings is 1. The number of hydrogen-bond acceptors (Lipinski definition) is 4. The number of carbonyl (C=O) groups excluding carboxylic acids is 1. The van der Waals surface area contributed by atoms with Gasteiger partial charge in [-0.2, -0.15) is 0 Å². The normalized spacial score (nSPS) is 22.4. The molecule has 2 aliphatic rings. The van der Waals surface area contributed by atoms with Gasteiger partial charge in [0.1, 0.15) is 5.82 Å². The lowest BCUT2D eigenvalue weighted by Crippen LogP contribution is -2.33. The molecule has 5 rings (SSSR count). The third kappa shape index (κ3) is 5.50. The van der Waals surface area contributed by atoms with E-state index >= 15 is 0 Å². The fraction of sp³-hybridized carbons (Fsp3) is 0.548. The number of aliphatic hydroxyl groups is 1. The van der Waals surface area contributed by atoms with Crippen molar-refractivity contribution < 1.29 is 14.3 Å². The Bertz CT molecular complexity index is 1290. The summed E-state index contributed by atoms with van der Waals surface area (Å²) in [5.41, 5.74) is 4.35. The molecule has 1 atom stereocenters. The Morgan fingerprint density at radius 2 is 1.92 bits per heavy atom. The quantitative estimate of drug-likeness (QED) is 0.455. The SMILES string of the molecule is Cc1cncc2c1c(C[C@@H]1CCN(CC3CCC(O)CC3)C1)cn2-c1ccc(F)cc1C(=O)N(C)C(C)C. The van der Waals surface area contributed by atoms with Crippen molar-refractivity contribution in [1.82, 2.24) is 19.4 Å². The number of aromatic nitrogens is 2. The average molecular weight is 521 g/mol. The molecule has 1 amide bonds. The molecule has 7 heteroatoms. The van der Waals surface area contributed by atoms with Gasteiger partial charge in [0.15, 0.2) is 0 Å². The van der Waals surface area contributed by atoms with Gasteiger partial charge in [0.25, 0.3) is 5.91 Å². The summed E-state index contributed by atoms with van der Waals surface area (Å²) < 4.78 is 16.4. The zero-order valence-electron chi connectivity index (χ0n) is 23.2. The zero-order chi connectivity index (χ0) is 27.0. The number of carbonyl (C=O) groups is 1. The number of pyridine rings is 1. The van der Waals surface area contributed by atoms with E-state index in [2.05, 4.69) is 23.0 Å². The summed E-state index contributed by atoms with van der Waals surface area (Å²) in [5.74, 6) is 0.655. The first kappa shape index (κ1) is 26.8. The molecule has 0 spiro atoms. The summed E-state index contributed by atoms with van der Waals surface area (Å²) in [5, 5.41) is 11.0. The van der Waals surface area contributed by atoms with E-state index in [-0.39, 0.29) is 18.1 Å². The lowest BCUT2D eigenvalue weighted by Gasteiger charge is -2.29. The van der Waals surface area contributed by atoms with Crippen LogP contribution in [0, 0.1) is 24.6 Å². The Labute approximate surface area is 225 Å². The molecule has 1 saturated carbocycles. The van der Waals surface area contributed by atoms with Crippen molar-refractivity contribution in [1.29, 1.82) is 0 Å². The van der Waals surface area contributed by atoms with Crippen molar-refractivity contribution >= 4 is 16.8 Å². The van der Waals surface area contributed by atoms with E-state index in [1.54, 1.807) is 18.0 Å². The molecule has 1 aliphatic heterocycles. The lowest BCUT2D eigenvalue weighted by molar-refractivity contribution is 0.0754. The highest BCUT2D eigenvalue weighted by Crippen LogP contribution is 2.33. The van der Waals surface area contributed by atoms with Crippen LogP contribution in [-0.2, 0) is 6.42 Å². The van der Waals surface area contributed by atoms with Crippen LogP contribution in [0.15, 0.2) is 36.8 Å². The minimum Gasteiger partial charge on any atom is -0.393 e. The predicted molar refractivity (Wildman–Crippen MR) is 149 cm³/mol. The van der Waals surface area contributed by atoms with Gasteiger partial charge in [-0.05, 0) is 107 Å². The summed E-state index contributed by atoms with van der Waals surface area (Å²) in [6.07, 6.45) is 12.1. The van der Waals surface area contributed by atoms with Crippen LogP contribution in [0.4, 0.5) is 4.39 Å².